The van der Waals surface area contributed by atoms with E-state index in [1.807, 2.05) is 7.05 Å². The largest absolute Gasteiger partial charge is 0.365 e. The molecule has 0 saturated heterocycles. The summed E-state index contributed by atoms with van der Waals surface area (Å²) < 4.78 is 1.73. The van der Waals surface area contributed by atoms with Gasteiger partial charge >= 0.3 is 0 Å². The Bertz CT molecular complexity index is 508. The molecule has 0 aliphatic rings. The second-order valence-corrected chi connectivity index (χ2v) is 4.69. The van der Waals surface area contributed by atoms with Gasteiger partial charge in [0.25, 0.3) is 0 Å². The lowest BCUT2D eigenvalue weighted by atomic mass is 10.1. The van der Waals surface area contributed by atoms with Gasteiger partial charge < -0.3 is 5.32 Å². The lowest BCUT2D eigenvalue weighted by molar-refractivity contribution is 0.563. The Morgan fingerprint density at radius 3 is 2.82 bits per heavy atom. The zero-order chi connectivity index (χ0) is 12.4. The van der Waals surface area contributed by atoms with E-state index >= 15 is 0 Å². The predicted octanol–water partition coefficient (Wildman–Crippen LogP) is 2.04. The van der Waals surface area contributed by atoms with Gasteiger partial charge in [-0.1, -0.05) is 13.8 Å². The number of nitrogens with zero attached hydrogens (tertiary/aromatic N) is 4. The first kappa shape index (κ1) is 12.1. The smallest absolute Gasteiger partial charge is 0.163 e. The van der Waals surface area contributed by atoms with Crippen molar-refractivity contribution in [3.05, 3.63) is 12.5 Å². The molecule has 0 radical (unpaired) electrons. The molecule has 6 heteroatoms. The van der Waals surface area contributed by atoms with E-state index < -0.39 is 0 Å². The van der Waals surface area contributed by atoms with Crippen LogP contribution < -0.4 is 5.32 Å². The molecule has 2 aromatic rings. The van der Waals surface area contributed by atoms with Crippen molar-refractivity contribution in [2.75, 3.05) is 11.2 Å². The average molecular weight is 254 g/mol. The predicted molar refractivity (Wildman–Crippen MR) is 69.3 cm³/mol. The monoisotopic (exact) mass is 253 g/mol. The van der Waals surface area contributed by atoms with Crippen LogP contribution >= 0.6 is 11.6 Å². The van der Waals surface area contributed by atoms with Gasteiger partial charge in [0.2, 0.25) is 0 Å². The SMILES string of the molecule is CC(C)C(CCl)Nc1ncnc2c1cnn2C. The van der Waals surface area contributed by atoms with E-state index in [-0.39, 0.29) is 6.04 Å². The third-order valence-corrected chi connectivity index (χ3v) is 3.16. The number of hydrogen-bond acceptors (Lipinski definition) is 4. The van der Waals surface area contributed by atoms with Gasteiger partial charge in [0.05, 0.1) is 11.6 Å². The number of aromatic nitrogens is 4. The highest BCUT2D eigenvalue weighted by molar-refractivity contribution is 6.18. The number of rotatable bonds is 4. The standard InChI is InChI=1S/C11H16ClN5/c1-7(2)9(4-12)16-10-8-5-15-17(3)11(8)14-6-13-10/h5-7,9H,4H2,1-3H3,(H,13,14,16). The zero-order valence-electron chi connectivity index (χ0n) is 10.2. The average Bonchev–Trinajstić information content (AvgIpc) is 2.69. The van der Waals surface area contributed by atoms with E-state index in [4.69, 9.17) is 11.6 Å². The molecule has 0 aliphatic heterocycles. The molecular formula is C11H16ClN5. The van der Waals surface area contributed by atoms with Crippen molar-refractivity contribution in [1.82, 2.24) is 19.7 Å². The van der Waals surface area contributed by atoms with Crippen LogP contribution in [0.3, 0.4) is 0 Å². The maximum atomic E-state index is 5.94. The number of hydrogen-bond donors (Lipinski definition) is 1. The van der Waals surface area contributed by atoms with Crippen molar-refractivity contribution < 1.29 is 0 Å². The summed E-state index contributed by atoms with van der Waals surface area (Å²) in [7, 11) is 1.86. The number of alkyl halides is 1. The normalized spacial score (nSPS) is 13.2. The molecule has 1 unspecified atom stereocenters. The van der Waals surface area contributed by atoms with Crippen molar-refractivity contribution in [2.45, 2.75) is 19.9 Å². The molecule has 17 heavy (non-hydrogen) atoms. The quantitative estimate of drug-likeness (QED) is 0.848. The second kappa shape index (κ2) is 4.87. The third-order valence-electron chi connectivity index (χ3n) is 2.82. The highest BCUT2D eigenvalue weighted by Crippen LogP contribution is 2.20. The molecule has 0 aromatic carbocycles. The fourth-order valence-electron chi connectivity index (χ4n) is 1.64. The molecule has 5 nitrogen and oxygen atoms in total. The Kier molecular flexibility index (Phi) is 3.47. The Balaban J connectivity index is 2.35. The van der Waals surface area contributed by atoms with Gasteiger partial charge in [-0.15, -0.1) is 11.6 Å². The van der Waals surface area contributed by atoms with Crippen molar-refractivity contribution in [3.63, 3.8) is 0 Å². The minimum atomic E-state index is 0.190. The van der Waals surface area contributed by atoms with Crippen molar-refractivity contribution >= 4 is 28.5 Å². The fraction of sp³-hybridized carbons (Fsp3) is 0.545. The van der Waals surface area contributed by atoms with Crippen LogP contribution in [-0.2, 0) is 7.05 Å². The molecule has 0 fully saturated rings. The van der Waals surface area contributed by atoms with Crippen molar-refractivity contribution in [2.24, 2.45) is 13.0 Å². The summed E-state index contributed by atoms with van der Waals surface area (Å²) in [6, 6.07) is 0.190. The summed E-state index contributed by atoms with van der Waals surface area (Å²) in [5, 5.41) is 8.45. The van der Waals surface area contributed by atoms with Crippen LogP contribution in [0.25, 0.3) is 11.0 Å². The van der Waals surface area contributed by atoms with Crippen LogP contribution in [0.4, 0.5) is 5.82 Å². The summed E-state index contributed by atoms with van der Waals surface area (Å²) in [5.74, 6) is 1.78. The van der Waals surface area contributed by atoms with E-state index in [0.717, 1.165) is 16.9 Å². The molecule has 2 rings (SSSR count). The maximum absolute atomic E-state index is 5.94. The minimum absolute atomic E-state index is 0.190. The van der Waals surface area contributed by atoms with Crippen LogP contribution in [0, 0.1) is 5.92 Å². The molecule has 1 N–H and O–H groups in total. The van der Waals surface area contributed by atoms with Gasteiger partial charge in [0.15, 0.2) is 5.65 Å². The minimum Gasteiger partial charge on any atom is -0.365 e. The summed E-state index contributed by atoms with van der Waals surface area (Å²) in [5.41, 5.74) is 0.819. The highest BCUT2D eigenvalue weighted by atomic mass is 35.5. The molecule has 0 bridgehead atoms. The summed E-state index contributed by atoms with van der Waals surface area (Å²) in [6.45, 7) is 4.25. The van der Waals surface area contributed by atoms with Gasteiger partial charge in [-0.25, -0.2) is 9.97 Å². The first-order valence-electron chi connectivity index (χ1n) is 5.58. The van der Waals surface area contributed by atoms with Gasteiger partial charge in [-0.05, 0) is 5.92 Å². The zero-order valence-corrected chi connectivity index (χ0v) is 10.9. The number of fused-ring (bicyclic) bond motifs is 1. The molecule has 2 heterocycles. The fourth-order valence-corrected chi connectivity index (χ4v) is 2.07. The lowest BCUT2D eigenvalue weighted by Crippen LogP contribution is -2.27. The van der Waals surface area contributed by atoms with Gasteiger partial charge in [-0.2, -0.15) is 5.10 Å². The summed E-state index contributed by atoms with van der Waals surface area (Å²) in [6.07, 6.45) is 3.31. The van der Waals surface area contributed by atoms with E-state index in [0.29, 0.717) is 11.8 Å². The number of aryl methyl sites for hydroxylation is 1. The van der Waals surface area contributed by atoms with Crippen LogP contribution in [0.15, 0.2) is 12.5 Å². The van der Waals surface area contributed by atoms with E-state index in [1.54, 1.807) is 10.9 Å². The topological polar surface area (TPSA) is 55.6 Å². The lowest BCUT2D eigenvalue weighted by Gasteiger charge is -2.20. The van der Waals surface area contributed by atoms with E-state index in [9.17, 15) is 0 Å². The number of nitrogens with one attached hydrogen (secondary N) is 1. The van der Waals surface area contributed by atoms with Gasteiger partial charge in [0.1, 0.15) is 12.1 Å². The van der Waals surface area contributed by atoms with Crippen LogP contribution in [-0.4, -0.2) is 31.7 Å². The molecule has 1 atom stereocenters. The Morgan fingerprint density at radius 2 is 2.18 bits per heavy atom. The second-order valence-electron chi connectivity index (χ2n) is 4.38. The summed E-state index contributed by atoms with van der Waals surface area (Å²) in [4.78, 5) is 8.45. The van der Waals surface area contributed by atoms with E-state index in [1.165, 1.54) is 6.33 Å². The third kappa shape index (κ3) is 2.34. The molecule has 0 saturated carbocycles. The summed E-state index contributed by atoms with van der Waals surface area (Å²) >= 11 is 5.94. The molecule has 0 aliphatic carbocycles. The van der Waals surface area contributed by atoms with Crippen LogP contribution in [0.2, 0.25) is 0 Å². The Morgan fingerprint density at radius 1 is 1.41 bits per heavy atom. The maximum Gasteiger partial charge on any atom is 0.163 e. The molecule has 0 spiro atoms. The van der Waals surface area contributed by atoms with Gasteiger partial charge in [-0.3, -0.25) is 4.68 Å². The first-order valence-corrected chi connectivity index (χ1v) is 6.12. The van der Waals surface area contributed by atoms with Crippen LogP contribution in [0.5, 0.6) is 0 Å². The molecular weight excluding hydrogens is 238 g/mol. The first-order chi connectivity index (χ1) is 8.13. The Labute approximate surface area is 105 Å². The Hall–Kier alpha value is -1.36. The van der Waals surface area contributed by atoms with Crippen molar-refractivity contribution in [1.29, 1.82) is 0 Å². The number of anilines is 1. The van der Waals surface area contributed by atoms with Crippen molar-refractivity contribution in [3.8, 4) is 0 Å². The van der Waals surface area contributed by atoms with E-state index in [2.05, 4.69) is 34.2 Å². The van der Waals surface area contributed by atoms with Crippen LogP contribution in [0.1, 0.15) is 13.8 Å². The number of halogens is 1. The molecule has 0 amide bonds. The van der Waals surface area contributed by atoms with Gasteiger partial charge in [0, 0.05) is 19.0 Å². The molecule has 92 valence electrons. The highest BCUT2D eigenvalue weighted by Gasteiger charge is 2.15. The molecule has 2 aromatic heterocycles.